The second-order valence-electron chi connectivity index (χ2n) is 5.46. The Morgan fingerprint density at radius 2 is 1.38 bits per heavy atom. The summed E-state index contributed by atoms with van der Waals surface area (Å²) in [6.45, 7) is 0. The standard InChI is InChI=1S/C17H10F6NO2/c1-26-24-13-8-11(17(21,22)23)6-7-12(13)15(25)14(24)9-2-4-10(5-3-9)16(18,19)20/h2-8H,1H3/q+1. The maximum absolute atomic E-state index is 12.9. The van der Waals surface area contributed by atoms with Crippen LogP contribution in [-0.2, 0) is 17.2 Å². The van der Waals surface area contributed by atoms with E-state index >= 15 is 0 Å². The van der Waals surface area contributed by atoms with E-state index in [1.807, 2.05) is 0 Å². The molecule has 26 heavy (non-hydrogen) atoms. The van der Waals surface area contributed by atoms with Crippen LogP contribution in [0.15, 0.2) is 42.5 Å². The van der Waals surface area contributed by atoms with Crippen LogP contribution in [0, 0.1) is 0 Å². The molecular weight excluding hydrogens is 364 g/mol. The zero-order valence-electron chi connectivity index (χ0n) is 13.1. The van der Waals surface area contributed by atoms with Gasteiger partial charge in [0, 0.05) is 10.8 Å². The third kappa shape index (κ3) is 2.93. The molecule has 0 unspecified atom stereocenters. The van der Waals surface area contributed by atoms with Gasteiger partial charge in [-0.2, -0.15) is 26.3 Å². The van der Waals surface area contributed by atoms with Crippen molar-refractivity contribution >= 4 is 17.2 Å². The summed E-state index contributed by atoms with van der Waals surface area (Å²) >= 11 is 0. The van der Waals surface area contributed by atoms with Crippen LogP contribution in [0.4, 0.5) is 32.0 Å². The van der Waals surface area contributed by atoms with E-state index in [2.05, 4.69) is 0 Å². The van der Waals surface area contributed by atoms with Crippen molar-refractivity contribution in [2.24, 2.45) is 0 Å². The van der Waals surface area contributed by atoms with E-state index < -0.39 is 29.3 Å². The molecule has 2 aromatic rings. The Morgan fingerprint density at radius 1 is 0.846 bits per heavy atom. The van der Waals surface area contributed by atoms with Crippen molar-refractivity contribution in [1.82, 2.24) is 0 Å². The van der Waals surface area contributed by atoms with E-state index in [0.29, 0.717) is 0 Å². The third-order valence-corrected chi connectivity index (χ3v) is 3.87. The second kappa shape index (κ2) is 5.86. The SMILES string of the molecule is CO[N+]1=C(c2ccc(C(F)(F)F)cc2)C(=O)c2ccc(C(F)(F)F)cc21. The Hall–Kier alpha value is -2.84. The Labute approximate surface area is 143 Å². The summed E-state index contributed by atoms with van der Waals surface area (Å²) in [4.78, 5) is 17.6. The van der Waals surface area contributed by atoms with Gasteiger partial charge in [-0.25, -0.2) is 0 Å². The van der Waals surface area contributed by atoms with Gasteiger partial charge in [-0.3, -0.25) is 9.63 Å². The van der Waals surface area contributed by atoms with Gasteiger partial charge in [0.1, 0.15) is 12.7 Å². The summed E-state index contributed by atoms with van der Waals surface area (Å²) in [7, 11) is 1.15. The van der Waals surface area contributed by atoms with Crippen molar-refractivity contribution in [1.29, 1.82) is 0 Å². The number of nitrogens with zero attached hydrogens (tertiary/aromatic N) is 1. The minimum atomic E-state index is -4.62. The van der Waals surface area contributed by atoms with E-state index in [1.165, 1.54) is 0 Å². The molecule has 0 bridgehead atoms. The van der Waals surface area contributed by atoms with Crippen molar-refractivity contribution in [3.8, 4) is 0 Å². The van der Waals surface area contributed by atoms with E-state index in [9.17, 15) is 31.1 Å². The molecule has 0 atom stereocenters. The lowest BCUT2D eigenvalue weighted by atomic mass is 10.0. The zero-order chi connectivity index (χ0) is 19.3. The minimum absolute atomic E-state index is 0.0326. The molecular formula is C17H10F6NO2+. The van der Waals surface area contributed by atoms with Crippen LogP contribution in [0.2, 0.25) is 0 Å². The Bertz CT molecular complexity index is 910. The number of fused-ring (bicyclic) bond motifs is 1. The van der Waals surface area contributed by atoms with E-state index in [0.717, 1.165) is 54.3 Å². The molecule has 0 aliphatic carbocycles. The summed E-state index contributed by atoms with van der Waals surface area (Å²) in [5.74, 6) is -0.643. The van der Waals surface area contributed by atoms with Crippen molar-refractivity contribution in [3.05, 3.63) is 64.7 Å². The molecule has 136 valence electrons. The summed E-state index contributed by atoms with van der Waals surface area (Å²) in [6, 6.07) is 6.25. The highest BCUT2D eigenvalue weighted by molar-refractivity contribution is 6.52. The molecule has 0 fully saturated rings. The first kappa shape index (κ1) is 18.0. The summed E-state index contributed by atoms with van der Waals surface area (Å²) < 4.78 is 77.6. The zero-order valence-corrected chi connectivity index (χ0v) is 13.1. The molecule has 2 aromatic carbocycles. The van der Waals surface area contributed by atoms with Gasteiger partial charge in [0.2, 0.25) is 0 Å². The topological polar surface area (TPSA) is 29.3 Å². The van der Waals surface area contributed by atoms with Gasteiger partial charge in [-0.05, 0) is 36.4 Å². The number of Topliss-reactive ketones (excluding diaryl/α,β-unsaturated/α-hetero) is 1. The van der Waals surface area contributed by atoms with Crippen LogP contribution in [0.3, 0.4) is 0 Å². The van der Waals surface area contributed by atoms with Crippen LogP contribution in [0.1, 0.15) is 27.0 Å². The highest BCUT2D eigenvalue weighted by atomic mass is 19.4. The summed E-state index contributed by atoms with van der Waals surface area (Å²) in [5.41, 5.74) is -2.10. The van der Waals surface area contributed by atoms with E-state index in [4.69, 9.17) is 4.84 Å². The summed E-state index contributed by atoms with van der Waals surface area (Å²) in [5, 5.41) is 0. The van der Waals surface area contributed by atoms with Gasteiger partial charge in [-0.1, -0.05) is 0 Å². The van der Waals surface area contributed by atoms with Crippen LogP contribution in [-0.4, -0.2) is 23.3 Å². The van der Waals surface area contributed by atoms with Crippen molar-refractivity contribution in [2.45, 2.75) is 12.4 Å². The predicted molar refractivity (Wildman–Crippen MR) is 78.3 cm³/mol. The first-order valence-electron chi connectivity index (χ1n) is 7.19. The molecule has 1 heterocycles. The number of carbonyl (C=O) groups excluding carboxylic acids is 1. The van der Waals surface area contributed by atoms with Crippen LogP contribution < -0.4 is 0 Å². The Kier molecular flexibility index (Phi) is 4.05. The fourth-order valence-corrected chi connectivity index (χ4v) is 2.66. The fourth-order valence-electron chi connectivity index (χ4n) is 2.66. The molecule has 0 radical (unpaired) electrons. The predicted octanol–water partition coefficient (Wildman–Crippen LogP) is 4.62. The molecule has 0 saturated carbocycles. The molecule has 3 nitrogen and oxygen atoms in total. The largest absolute Gasteiger partial charge is 0.416 e. The molecule has 0 saturated heterocycles. The van der Waals surface area contributed by atoms with Gasteiger partial charge >= 0.3 is 18.1 Å². The van der Waals surface area contributed by atoms with Crippen LogP contribution in [0.25, 0.3) is 0 Å². The lowest BCUT2D eigenvalue weighted by Crippen LogP contribution is -2.19. The van der Waals surface area contributed by atoms with Crippen LogP contribution in [0.5, 0.6) is 0 Å². The molecule has 3 rings (SSSR count). The smallest absolute Gasteiger partial charge is 0.281 e. The monoisotopic (exact) mass is 374 g/mol. The first-order valence-corrected chi connectivity index (χ1v) is 7.19. The average molecular weight is 374 g/mol. The highest BCUT2D eigenvalue weighted by Gasteiger charge is 2.44. The molecule has 0 spiro atoms. The maximum Gasteiger partial charge on any atom is 0.416 e. The first-order chi connectivity index (χ1) is 12.0. The molecule has 1 aliphatic rings. The lowest BCUT2D eigenvalue weighted by Gasteiger charge is -2.06. The lowest BCUT2D eigenvalue weighted by molar-refractivity contribution is -0.717. The second-order valence-corrected chi connectivity index (χ2v) is 5.46. The van der Waals surface area contributed by atoms with Gasteiger partial charge in [0.15, 0.2) is 0 Å². The highest BCUT2D eigenvalue weighted by Crippen LogP contribution is 2.36. The number of carbonyl (C=O) groups is 1. The molecule has 9 heteroatoms. The number of alkyl halides is 6. The normalized spacial score (nSPS) is 14.7. The molecule has 0 aromatic heterocycles. The number of rotatable bonds is 2. The fraction of sp³-hybridized carbons (Fsp3) is 0.176. The van der Waals surface area contributed by atoms with Gasteiger partial charge in [-0.15, -0.1) is 0 Å². The number of hydrogen-bond acceptors (Lipinski definition) is 2. The van der Waals surface area contributed by atoms with Crippen molar-refractivity contribution < 1.29 is 40.7 Å². The van der Waals surface area contributed by atoms with E-state index in [-0.39, 0.29) is 22.5 Å². The van der Waals surface area contributed by atoms with Gasteiger partial charge in [0.25, 0.3) is 11.5 Å². The molecule has 0 N–H and O–H groups in total. The number of halogens is 6. The molecule has 1 aliphatic heterocycles. The summed E-state index contributed by atoms with van der Waals surface area (Å²) in [6.07, 6.45) is -9.16. The van der Waals surface area contributed by atoms with Crippen LogP contribution >= 0.6 is 0 Å². The van der Waals surface area contributed by atoms with Gasteiger partial charge < -0.3 is 0 Å². The molecule has 0 amide bonds. The number of hydrogen-bond donors (Lipinski definition) is 0. The van der Waals surface area contributed by atoms with Crippen molar-refractivity contribution in [2.75, 3.05) is 7.11 Å². The Morgan fingerprint density at radius 3 is 1.88 bits per heavy atom. The Balaban J connectivity index is 2.12. The number of ketones is 1. The minimum Gasteiger partial charge on any atom is -0.281 e. The van der Waals surface area contributed by atoms with Gasteiger partial charge in [0.05, 0.1) is 16.7 Å². The van der Waals surface area contributed by atoms with E-state index in [1.54, 1.807) is 0 Å². The maximum atomic E-state index is 12.9. The van der Waals surface area contributed by atoms with Crippen molar-refractivity contribution in [3.63, 3.8) is 0 Å². The average Bonchev–Trinajstić information content (AvgIpc) is 2.85. The number of benzene rings is 2. The third-order valence-electron chi connectivity index (χ3n) is 3.87. The quantitative estimate of drug-likeness (QED) is 0.567.